The van der Waals surface area contributed by atoms with Crippen molar-refractivity contribution in [2.75, 3.05) is 39.5 Å². The van der Waals surface area contributed by atoms with E-state index in [2.05, 4.69) is 51.6 Å². The maximum Gasteiger partial charge on any atom is 0.408 e. The molecular formula is C110H120N12O21. The highest BCUT2D eigenvalue weighted by Gasteiger charge is 2.64. The number of carboxylic acid groups (broad SMARTS) is 3. The maximum absolute atomic E-state index is 14.2. The molecule has 6 aliphatic heterocycles. The number of cyclic esters (lactones) is 3. The highest BCUT2D eigenvalue weighted by molar-refractivity contribution is 6.01. The Morgan fingerprint density at radius 2 is 0.762 bits per heavy atom. The number of aryl methyl sites for hydroxylation is 1. The van der Waals surface area contributed by atoms with Crippen LogP contribution in [-0.4, -0.2) is 227 Å². The van der Waals surface area contributed by atoms with E-state index in [-0.39, 0.29) is 78.0 Å². The number of carbonyl (C=O) groups is 12. The number of fused-ring (bicyclic) bond motifs is 9. The molecule has 33 heteroatoms. The van der Waals surface area contributed by atoms with Gasteiger partial charge >= 0.3 is 36.2 Å². The Balaban J connectivity index is 0.000000154. The largest absolute Gasteiger partial charge is 0.488 e. The van der Waals surface area contributed by atoms with Gasteiger partial charge in [0.05, 0.1) is 66.5 Å². The molecule has 9 aliphatic rings. The van der Waals surface area contributed by atoms with Gasteiger partial charge in [-0.2, -0.15) is 0 Å². The summed E-state index contributed by atoms with van der Waals surface area (Å²) in [6.07, 6.45) is 17.0. The van der Waals surface area contributed by atoms with Crippen molar-refractivity contribution in [1.29, 1.82) is 0 Å². The van der Waals surface area contributed by atoms with Crippen LogP contribution in [0.1, 0.15) is 153 Å². The minimum Gasteiger partial charge on any atom is -0.488 e. The standard InChI is InChI=1S/C38H42N4O7.C36H40N4O7.C36H38N4O7/c1-3-5-15-30-35(44)42-23-27(20-32(42)34(43)41-38(36(45)46)22-26(38)4-2)49-33-21-31(25-13-9-6-10-14-25)39-29-17-16-24(19-28(29)33)12-8-7-11-18-48-37(47)40-30;2*1-3-5-13-28-33(42)40-21-25(18-30(40)32(41)39-36(34(43)44)20-24(36)4-2)47-31-19-29(23-11-7-6-8-12-23)37-27-15-14-22(17-26(27)31)10-9-16-46-35(45)38-28/h4,6,8-10,12-14,16-17,19,21,26-27,30,32H,2-3,5,7,11,15,18,20,22-23H2,1H3,(H,40,47)(H,41,43)(H,45,46);4,6-8,11-12,14-15,17,19,24-25,28,30H,2-3,5,9-10,13,16,18,20-21H2,1H3,(H,38,45)(H,39,41)(H,43,44);4,6-12,14-15,17,19,24-25,28,30H,2-3,5,13,16,18,20-21H2,1H3,(H,38,45)(H,39,41)(H,43,44)/b12-8+;;10-9-/t26-,27-,30+,32+,38-;2*24-,25-,28+,30+,36-/m111/s1. The smallest absolute Gasteiger partial charge is 0.408 e. The number of allylic oxidation sites excluding steroid dienone is 1. The van der Waals surface area contributed by atoms with Gasteiger partial charge in [-0.15, -0.1) is 19.7 Å². The second-order valence-electron chi connectivity index (χ2n) is 37.8. The fourth-order valence-corrected chi connectivity index (χ4v) is 19.7. The number of aliphatic carboxylic acids is 3. The van der Waals surface area contributed by atoms with Crippen LogP contribution in [0.2, 0.25) is 0 Å². The number of ether oxygens (including phenoxy) is 6. The van der Waals surface area contributed by atoms with Crippen LogP contribution in [0.4, 0.5) is 14.4 Å². The molecule has 15 atom stereocenters. The number of unbranched alkanes of at least 4 members (excludes halogenated alkanes) is 3. The van der Waals surface area contributed by atoms with Gasteiger partial charge in [0, 0.05) is 88.1 Å². The first-order valence-electron chi connectivity index (χ1n) is 49.2. The minimum absolute atomic E-state index is 0.0222. The zero-order valence-electron chi connectivity index (χ0n) is 80.2. The quantitative estimate of drug-likeness (QED) is 0.0200. The van der Waals surface area contributed by atoms with Gasteiger partial charge in [0.25, 0.3) is 0 Å². The lowest BCUT2D eigenvalue weighted by Gasteiger charge is -2.29. The topological polar surface area (TPSA) is 441 Å². The number of hydrogen-bond donors (Lipinski definition) is 9. The van der Waals surface area contributed by atoms with Gasteiger partial charge in [-0.3, -0.25) is 28.8 Å². The number of pyridine rings is 3. The first kappa shape index (κ1) is 101. The number of nitrogens with zero attached hydrogens (tertiary/aromatic N) is 6. The molecule has 6 aromatic carbocycles. The molecule has 33 nitrogen and oxygen atoms in total. The predicted molar refractivity (Wildman–Crippen MR) is 535 cm³/mol. The van der Waals surface area contributed by atoms with Crippen LogP contribution in [0, 0.1) is 17.8 Å². The molecular weight excluding hydrogens is 1830 g/mol. The van der Waals surface area contributed by atoms with E-state index in [9.17, 15) is 72.9 Å². The third-order valence-corrected chi connectivity index (χ3v) is 28.0. The Bertz CT molecular complexity index is 6420. The summed E-state index contributed by atoms with van der Waals surface area (Å²) >= 11 is 0. The fourth-order valence-electron chi connectivity index (χ4n) is 19.7. The van der Waals surface area contributed by atoms with Crippen molar-refractivity contribution in [3.8, 4) is 51.0 Å². The van der Waals surface area contributed by atoms with Gasteiger partial charge in [0.1, 0.15) is 95.0 Å². The molecule has 0 unspecified atom stereocenters. The van der Waals surface area contributed by atoms with Crippen molar-refractivity contribution in [2.24, 2.45) is 17.8 Å². The van der Waals surface area contributed by atoms with Gasteiger partial charge in [-0.1, -0.05) is 205 Å². The van der Waals surface area contributed by atoms with Crippen molar-refractivity contribution >= 4 is 116 Å². The molecule has 0 spiro atoms. The van der Waals surface area contributed by atoms with Gasteiger partial charge in [0.2, 0.25) is 35.4 Å². The van der Waals surface area contributed by atoms with Crippen LogP contribution in [0.25, 0.3) is 78.6 Å². The average Bonchev–Trinajstić information content (AvgIpc) is 1.58. The van der Waals surface area contributed by atoms with Crippen LogP contribution in [0.3, 0.4) is 0 Å². The van der Waals surface area contributed by atoms with Crippen molar-refractivity contribution < 1.29 is 101 Å². The molecule has 12 bridgehead atoms. The summed E-state index contributed by atoms with van der Waals surface area (Å²) in [5, 5.41) is 48.5. The molecule has 9 N–H and O–H groups in total. The second-order valence-corrected chi connectivity index (χ2v) is 37.8. The number of aromatic nitrogens is 3. The van der Waals surface area contributed by atoms with Crippen LogP contribution in [-0.2, 0) is 63.8 Å². The van der Waals surface area contributed by atoms with Crippen molar-refractivity contribution in [3.63, 3.8) is 0 Å². The van der Waals surface area contributed by atoms with Crippen molar-refractivity contribution in [2.45, 2.75) is 214 Å². The number of amides is 9. The van der Waals surface area contributed by atoms with Crippen LogP contribution in [0.5, 0.6) is 17.2 Å². The third kappa shape index (κ3) is 23.0. The lowest BCUT2D eigenvalue weighted by molar-refractivity contribution is -0.146. The SMILES string of the molecule is C=C[C@@H]1C[C@]1(NC(=O)[C@@H]1C[C@@H]2CN1C(=O)[C@H](CCCC)NC(=O)OC/C=C\c1ccc3nc(-c4ccccc4)cc(c3c1)O2)C(=O)O.C=C[C@@H]1C[C@]1(NC(=O)[C@@H]1C[C@@H]2CN1C(=O)[C@H](CCCC)NC(=O)OCCC/C=C/c1ccc3nc(-c4ccccc4)cc(c3c1)O2)C(=O)O.C=C[C@@H]1C[C@]1(NC(=O)[C@@H]1C[C@@H]2CN1C(=O)[C@H](CCCC)NC(=O)OCCCc1ccc3nc(-c4ccccc4)cc(c3c1)O2)C(=O)O. The van der Waals surface area contributed by atoms with Crippen LogP contribution >= 0.6 is 0 Å². The number of rotatable bonds is 24. The Kier molecular flexibility index (Phi) is 31.4. The van der Waals surface area contributed by atoms with E-state index < -0.39 is 161 Å². The molecule has 0 radical (unpaired) electrons. The summed E-state index contributed by atoms with van der Waals surface area (Å²) in [5.41, 5.74) is 5.40. The lowest BCUT2D eigenvalue weighted by atomic mass is 10.0. The molecule has 9 amide bonds. The second kappa shape index (κ2) is 44.7. The van der Waals surface area contributed by atoms with Crippen molar-refractivity contribution in [3.05, 3.63) is 231 Å². The van der Waals surface area contributed by atoms with Gasteiger partial charge < -0.3 is 90.3 Å². The third-order valence-electron chi connectivity index (χ3n) is 28.0. The number of carbonyl (C=O) groups excluding carboxylic acids is 9. The summed E-state index contributed by atoms with van der Waals surface area (Å²) in [6.45, 7) is 17.5. The minimum atomic E-state index is -1.47. The first-order valence-corrected chi connectivity index (χ1v) is 49.2. The molecule has 18 rings (SSSR count). The van der Waals surface area contributed by atoms with E-state index in [0.717, 1.165) is 85.5 Å². The van der Waals surface area contributed by atoms with Crippen molar-refractivity contribution in [1.82, 2.24) is 61.6 Å². The zero-order valence-corrected chi connectivity index (χ0v) is 80.2. The molecule has 3 aromatic heterocycles. The Morgan fingerprint density at radius 3 is 1.10 bits per heavy atom. The molecule has 3 aliphatic carbocycles. The van der Waals surface area contributed by atoms with Gasteiger partial charge in [-0.05, 0) is 123 Å². The fraction of sp³-hybridized carbons (Fsp3) is 0.391. The monoisotopic (exact) mass is 1940 g/mol. The number of hydrogen-bond acceptors (Lipinski definition) is 21. The summed E-state index contributed by atoms with van der Waals surface area (Å²) in [6, 6.07) is 46.5. The highest BCUT2D eigenvalue weighted by atomic mass is 16.6. The van der Waals surface area contributed by atoms with E-state index in [1.165, 1.54) is 32.9 Å². The average molecular weight is 1950 g/mol. The molecule has 3 saturated carbocycles. The predicted octanol–water partition coefficient (Wildman–Crippen LogP) is 14.8. The van der Waals surface area contributed by atoms with Crippen LogP contribution in [0.15, 0.2) is 214 Å². The van der Waals surface area contributed by atoms with E-state index in [1.807, 2.05) is 203 Å². The van der Waals surface area contributed by atoms with E-state index >= 15 is 0 Å². The number of benzene rings is 6. The molecule has 3 saturated heterocycles. The molecule has 9 aromatic rings. The highest BCUT2D eigenvalue weighted by Crippen LogP contribution is 2.49. The van der Waals surface area contributed by atoms with Gasteiger partial charge in [-0.25, -0.2) is 43.7 Å². The maximum atomic E-state index is 14.2. The Hall–Kier alpha value is -15.3. The number of alkyl carbamates (subject to hydrolysis) is 3. The summed E-state index contributed by atoms with van der Waals surface area (Å²) in [7, 11) is 0. The number of carboxylic acids is 3. The van der Waals surface area contributed by atoms with Gasteiger partial charge in [0.15, 0.2) is 0 Å². The number of nitrogens with one attached hydrogen (secondary N) is 6. The summed E-state index contributed by atoms with van der Waals surface area (Å²) in [5.74, 6) is -6.19. The summed E-state index contributed by atoms with van der Waals surface area (Å²) < 4.78 is 36.3. The lowest BCUT2D eigenvalue weighted by Crippen LogP contribution is -2.56. The van der Waals surface area contributed by atoms with E-state index in [1.54, 1.807) is 6.08 Å². The first-order chi connectivity index (χ1) is 69.2. The normalized spacial score (nSPS) is 26.0. The van der Waals surface area contributed by atoms with Crippen LogP contribution < -0.4 is 46.1 Å². The Labute approximate surface area is 827 Å². The molecule has 143 heavy (non-hydrogen) atoms. The van der Waals surface area contributed by atoms with E-state index in [0.29, 0.717) is 98.4 Å². The molecule has 746 valence electrons. The molecule has 6 fully saturated rings. The zero-order chi connectivity index (χ0) is 101. The summed E-state index contributed by atoms with van der Waals surface area (Å²) in [4.78, 5) is 178. The van der Waals surface area contributed by atoms with E-state index in [4.69, 9.17) is 43.4 Å². The molecule has 9 heterocycles. The Morgan fingerprint density at radius 1 is 0.427 bits per heavy atom.